The molecule has 0 spiro atoms. The van der Waals surface area contributed by atoms with Crippen LogP contribution in [0.2, 0.25) is 0 Å². The van der Waals surface area contributed by atoms with Gasteiger partial charge in [-0.3, -0.25) is 4.79 Å². The Labute approximate surface area is 187 Å². The Morgan fingerprint density at radius 3 is 2.53 bits per heavy atom. The molecule has 7 heteroatoms. The van der Waals surface area contributed by atoms with Gasteiger partial charge >= 0.3 is 0 Å². The smallest absolute Gasteiger partial charge is 0.256 e. The highest BCUT2D eigenvalue weighted by Crippen LogP contribution is 2.21. The molecule has 0 saturated heterocycles. The molecule has 0 fully saturated rings. The van der Waals surface area contributed by atoms with Crippen LogP contribution in [0.5, 0.6) is 0 Å². The minimum absolute atomic E-state index is 0.0708. The molecule has 0 aliphatic heterocycles. The van der Waals surface area contributed by atoms with Gasteiger partial charge in [-0.05, 0) is 56.2 Å². The molecule has 0 aliphatic carbocycles. The maximum Gasteiger partial charge on any atom is 0.256 e. The van der Waals surface area contributed by atoms with E-state index >= 15 is 0 Å². The summed E-state index contributed by atoms with van der Waals surface area (Å²) in [7, 11) is 1.96. The lowest BCUT2D eigenvalue weighted by molar-refractivity contribution is 0.0723. The molecule has 166 valence electrons. The minimum atomic E-state index is -0.294. The van der Waals surface area contributed by atoms with E-state index in [0.717, 1.165) is 46.9 Å². The summed E-state index contributed by atoms with van der Waals surface area (Å²) < 4.78 is 17.5. The van der Waals surface area contributed by atoms with Crippen LogP contribution in [0.25, 0.3) is 11.2 Å². The third-order valence-corrected chi connectivity index (χ3v) is 5.94. The van der Waals surface area contributed by atoms with Crippen LogP contribution < -0.4 is 0 Å². The van der Waals surface area contributed by atoms with Gasteiger partial charge in [-0.25, -0.2) is 14.4 Å². The number of benzene rings is 1. The van der Waals surface area contributed by atoms with E-state index in [9.17, 15) is 9.18 Å². The number of pyridine rings is 1. The molecule has 32 heavy (non-hydrogen) atoms. The van der Waals surface area contributed by atoms with Crippen LogP contribution in [0, 0.1) is 19.7 Å². The van der Waals surface area contributed by atoms with Crippen molar-refractivity contribution in [3.63, 3.8) is 0 Å². The number of aryl methyl sites for hydroxylation is 2. The van der Waals surface area contributed by atoms with Gasteiger partial charge in [0.1, 0.15) is 17.2 Å². The summed E-state index contributed by atoms with van der Waals surface area (Å²) in [6.07, 6.45) is 2.69. The molecule has 1 amide bonds. The summed E-state index contributed by atoms with van der Waals surface area (Å²) in [6, 6.07) is 12.0. The molecule has 0 aliphatic rings. The highest BCUT2D eigenvalue weighted by molar-refractivity contribution is 5.95. The van der Waals surface area contributed by atoms with E-state index in [0.29, 0.717) is 18.7 Å². The van der Waals surface area contributed by atoms with E-state index in [1.165, 1.54) is 12.1 Å². The van der Waals surface area contributed by atoms with Gasteiger partial charge in [0.15, 0.2) is 5.65 Å². The van der Waals surface area contributed by atoms with E-state index < -0.39 is 0 Å². The Bertz CT molecular complexity index is 1260. The first-order valence-corrected chi connectivity index (χ1v) is 10.9. The third kappa shape index (κ3) is 4.15. The van der Waals surface area contributed by atoms with Crippen LogP contribution in [0.15, 0.2) is 48.7 Å². The number of rotatable bonds is 7. The third-order valence-electron chi connectivity index (χ3n) is 5.94. The zero-order valence-corrected chi connectivity index (χ0v) is 19.0. The first-order chi connectivity index (χ1) is 15.4. The summed E-state index contributed by atoms with van der Waals surface area (Å²) in [5.74, 6) is 0.428. The van der Waals surface area contributed by atoms with Crippen LogP contribution >= 0.6 is 0 Å². The van der Waals surface area contributed by atoms with Gasteiger partial charge in [0.2, 0.25) is 0 Å². The Hall–Kier alpha value is -3.48. The van der Waals surface area contributed by atoms with Gasteiger partial charge in [-0.2, -0.15) is 0 Å². The van der Waals surface area contributed by atoms with Gasteiger partial charge in [-0.1, -0.05) is 19.1 Å². The molecule has 1 aromatic carbocycles. The van der Waals surface area contributed by atoms with Gasteiger partial charge in [0.05, 0.1) is 12.1 Å². The minimum Gasteiger partial charge on any atom is -0.351 e. The average molecular weight is 434 g/mol. The number of carbonyl (C=O) groups excluding carboxylic acids is 1. The molecule has 0 bridgehead atoms. The molecule has 0 atom stereocenters. The average Bonchev–Trinajstić information content (AvgIpc) is 3.26. The van der Waals surface area contributed by atoms with Crippen molar-refractivity contribution in [2.24, 2.45) is 7.05 Å². The van der Waals surface area contributed by atoms with E-state index in [1.807, 2.05) is 43.7 Å². The molecule has 4 rings (SSSR count). The fourth-order valence-electron chi connectivity index (χ4n) is 4.01. The lowest BCUT2D eigenvalue weighted by Crippen LogP contribution is -2.31. The van der Waals surface area contributed by atoms with Crippen LogP contribution in [-0.2, 0) is 26.7 Å². The van der Waals surface area contributed by atoms with Crippen LogP contribution in [0.4, 0.5) is 4.39 Å². The number of hydrogen-bond acceptors (Lipinski definition) is 3. The number of imidazole rings is 1. The van der Waals surface area contributed by atoms with Crippen molar-refractivity contribution in [1.29, 1.82) is 0 Å². The standard InChI is InChI=1S/C25H28FN5O/c1-5-13-31-23(28-22-7-6-12-27-24(22)31)16-30(15-19-8-10-20(26)11-9-19)25(32)21-14-17(2)29(4)18(21)3/h6-12,14H,5,13,15-16H2,1-4H3. The van der Waals surface area contributed by atoms with Crippen molar-refractivity contribution in [1.82, 2.24) is 24.0 Å². The number of hydrogen-bond donors (Lipinski definition) is 0. The second kappa shape index (κ2) is 8.94. The highest BCUT2D eigenvalue weighted by atomic mass is 19.1. The zero-order valence-electron chi connectivity index (χ0n) is 19.0. The summed E-state index contributed by atoms with van der Waals surface area (Å²) >= 11 is 0. The van der Waals surface area contributed by atoms with Crippen molar-refractivity contribution in [2.45, 2.75) is 46.8 Å². The van der Waals surface area contributed by atoms with Gasteiger partial charge in [0.25, 0.3) is 5.91 Å². The fraction of sp³-hybridized carbons (Fsp3) is 0.320. The van der Waals surface area contributed by atoms with Crippen LogP contribution in [-0.4, -0.2) is 29.9 Å². The van der Waals surface area contributed by atoms with E-state index in [4.69, 9.17) is 4.98 Å². The predicted octanol–water partition coefficient (Wildman–Crippen LogP) is 4.78. The summed E-state index contributed by atoms with van der Waals surface area (Å²) in [5, 5.41) is 0. The van der Waals surface area contributed by atoms with Gasteiger partial charge in [-0.15, -0.1) is 0 Å². The Morgan fingerprint density at radius 2 is 1.88 bits per heavy atom. The van der Waals surface area contributed by atoms with E-state index in [2.05, 4.69) is 16.5 Å². The summed E-state index contributed by atoms with van der Waals surface area (Å²) in [4.78, 5) is 24.8. The number of nitrogens with zero attached hydrogens (tertiary/aromatic N) is 5. The first-order valence-electron chi connectivity index (χ1n) is 10.9. The van der Waals surface area contributed by atoms with Crippen LogP contribution in [0.3, 0.4) is 0 Å². The zero-order chi connectivity index (χ0) is 22.8. The van der Waals surface area contributed by atoms with Gasteiger partial charge < -0.3 is 14.0 Å². The molecule has 6 nitrogen and oxygen atoms in total. The second-order valence-electron chi connectivity index (χ2n) is 8.16. The largest absolute Gasteiger partial charge is 0.351 e. The number of fused-ring (bicyclic) bond motifs is 1. The van der Waals surface area contributed by atoms with Crippen molar-refractivity contribution in [3.8, 4) is 0 Å². The molecular formula is C25H28FN5O. The topological polar surface area (TPSA) is 56.0 Å². The van der Waals surface area contributed by atoms with Crippen molar-refractivity contribution in [2.75, 3.05) is 0 Å². The molecule has 3 heterocycles. The van der Waals surface area contributed by atoms with E-state index in [-0.39, 0.29) is 11.7 Å². The maximum absolute atomic E-state index is 13.7. The number of halogens is 1. The molecule has 0 unspecified atom stereocenters. The monoisotopic (exact) mass is 433 g/mol. The Kier molecular flexibility index (Phi) is 6.08. The first kappa shape index (κ1) is 21.7. The number of carbonyl (C=O) groups is 1. The van der Waals surface area contributed by atoms with E-state index in [1.54, 1.807) is 23.2 Å². The lowest BCUT2D eigenvalue weighted by atomic mass is 10.1. The Morgan fingerprint density at radius 1 is 1.12 bits per heavy atom. The number of amides is 1. The second-order valence-corrected chi connectivity index (χ2v) is 8.16. The van der Waals surface area contributed by atoms with Crippen LogP contribution in [0.1, 0.15) is 46.5 Å². The normalized spacial score (nSPS) is 11.3. The fourth-order valence-corrected chi connectivity index (χ4v) is 4.01. The summed E-state index contributed by atoms with van der Waals surface area (Å²) in [6.45, 7) is 7.50. The quantitative estimate of drug-likeness (QED) is 0.422. The molecule has 0 radical (unpaired) electrons. The van der Waals surface area contributed by atoms with Crippen molar-refractivity contribution < 1.29 is 9.18 Å². The SMILES string of the molecule is CCCn1c(CN(Cc2ccc(F)cc2)C(=O)c2cc(C)n(C)c2C)nc2cccnc21. The predicted molar refractivity (Wildman–Crippen MR) is 123 cm³/mol. The highest BCUT2D eigenvalue weighted by Gasteiger charge is 2.24. The lowest BCUT2D eigenvalue weighted by Gasteiger charge is -2.23. The molecule has 4 aromatic rings. The molecule has 0 N–H and O–H groups in total. The Balaban J connectivity index is 1.74. The number of aromatic nitrogens is 4. The summed E-state index contributed by atoms with van der Waals surface area (Å²) in [5.41, 5.74) is 5.11. The molecular weight excluding hydrogens is 405 g/mol. The van der Waals surface area contributed by atoms with Crippen molar-refractivity contribution in [3.05, 3.63) is 82.8 Å². The maximum atomic E-state index is 13.7. The van der Waals surface area contributed by atoms with Gasteiger partial charge in [0, 0.05) is 37.7 Å². The molecule has 0 saturated carbocycles. The molecule has 3 aromatic heterocycles. The van der Waals surface area contributed by atoms with Crippen molar-refractivity contribution >= 4 is 17.1 Å².